The van der Waals surface area contributed by atoms with Crippen molar-refractivity contribution in [3.63, 3.8) is 0 Å². The van der Waals surface area contributed by atoms with Gasteiger partial charge < -0.3 is 15.0 Å². The van der Waals surface area contributed by atoms with Gasteiger partial charge in [0.25, 0.3) is 0 Å². The second kappa shape index (κ2) is 6.52. The molecule has 1 aliphatic heterocycles. The van der Waals surface area contributed by atoms with E-state index >= 15 is 0 Å². The van der Waals surface area contributed by atoms with Crippen LogP contribution in [0.4, 0.5) is 5.82 Å². The van der Waals surface area contributed by atoms with Crippen LogP contribution in [0.5, 0.6) is 0 Å². The number of nitrogens with one attached hydrogen (secondary N) is 1. The molecule has 0 aliphatic carbocycles. The molecule has 3 heterocycles. The van der Waals surface area contributed by atoms with Crippen molar-refractivity contribution >= 4 is 27.2 Å². The van der Waals surface area contributed by atoms with E-state index < -0.39 is 0 Å². The van der Waals surface area contributed by atoms with Crippen LogP contribution in [0.15, 0.2) is 23.7 Å². The minimum Gasteiger partial charge on any atom is -0.383 e. The summed E-state index contributed by atoms with van der Waals surface area (Å²) >= 11 is 1.77. The van der Waals surface area contributed by atoms with E-state index in [0.29, 0.717) is 6.04 Å². The zero-order chi connectivity index (χ0) is 13.8. The maximum Gasteiger partial charge on any atom is 0.137 e. The van der Waals surface area contributed by atoms with Gasteiger partial charge in [-0.3, -0.25) is 0 Å². The highest BCUT2D eigenvalue weighted by Gasteiger charge is 2.20. The van der Waals surface area contributed by atoms with Gasteiger partial charge >= 0.3 is 0 Å². The van der Waals surface area contributed by atoms with Crippen LogP contribution in [-0.2, 0) is 4.74 Å². The third-order valence-electron chi connectivity index (χ3n) is 3.83. The van der Waals surface area contributed by atoms with Crippen molar-refractivity contribution < 1.29 is 4.74 Å². The largest absolute Gasteiger partial charge is 0.383 e. The molecule has 5 heteroatoms. The molecule has 0 radical (unpaired) electrons. The molecule has 3 rings (SSSR count). The highest BCUT2D eigenvalue weighted by atomic mass is 32.1. The van der Waals surface area contributed by atoms with Crippen LogP contribution in [0.2, 0.25) is 0 Å². The highest BCUT2D eigenvalue weighted by Crippen LogP contribution is 2.28. The van der Waals surface area contributed by atoms with Gasteiger partial charge in [0, 0.05) is 42.5 Å². The van der Waals surface area contributed by atoms with Crippen LogP contribution in [0, 0.1) is 0 Å². The lowest BCUT2D eigenvalue weighted by molar-refractivity contribution is 0.204. The third-order valence-corrected chi connectivity index (χ3v) is 4.71. The Kier molecular flexibility index (Phi) is 4.50. The summed E-state index contributed by atoms with van der Waals surface area (Å²) in [5, 5.41) is 6.96. The number of fused-ring (bicyclic) bond motifs is 1. The molecular formula is C15H21N3OS. The van der Waals surface area contributed by atoms with Crippen molar-refractivity contribution in [3.05, 3.63) is 23.7 Å². The Labute approximate surface area is 123 Å². The van der Waals surface area contributed by atoms with Gasteiger partial charge in [-0.05, 0) is 36.9 Å². The van der Waals surface area contributed by atoms with Crippen molar-refractivity contribution in [1.29, 1.82) is 0 Å². The van der Waals surface area contributed by atoms with Crippen molar-refractivity contribution in [3.8, 4) is 0 Å². The summed E-state index contributed by atoms with van der Waals surface area (Å²) in [6.07, 6.45) is 4.44. The monoisotopic (exact) mass is 291 g/mol. The van der Waals surface area contributed by atoms with E-state index in [4.69, 9.17) is 4.74 Å². The summed E-state index contributed by atoms with van der Waals surface area (Å²) < 4.78 is 6.57. The van der Waals surface area contributed by atoms with Gasteiger partial charge in [-0.2, -0.15) is 0 Å². The molecular weight excluding hydrogens is 270 g/mol. The van der Waals surface area contributed by atoms with Crippen LogP contribution in [-0.4, -0.2) is 44.4 Å². The molecule has 20 heavy (non-hydrogen) atoms. The molecule has 4 nitrogen and oxygen atoms in total. The standard InChI is InChI=1S/C15H21N3OS/c1-19-9-8-18(11-12-3-2-6-16-12)15-13-5-10-20-14(13)4-7-17-15/h4-5,7,10,12,16H,2-3,6,8-9,11H2,1H3. The number of rotatable bonds is 6. The predicted octanol–water partition coefficient (Wildman–Crippen LogP) is 2.50. The van der Waals surface area contributed by atoms with Crippen molar-refractivity contribution in [1.82, 2.24) is 10.3 Å². The zero-order valence-corrected chi connectivity index (χ0v) is 12.7. The normalized spacial score (nSPS) is 18.8. The van der Waals surface area contributed by atoms with Gasteiger partial charge in [0.15, 0.2) is 0 Å². The molecule has 1 fully saturated rings. The average molecular weight is 291 g/mol. The van der Waals surface area contributed by atoms with E-state index in [1.165, 1.54) is 22.9 Å². The number of hydrogen-bond donors (Lipinski definition) is 1. The average Bonchev–Trinajstić information content (AvgIpc) is 3.13. The third kappa shape index (κ3) is 2.95. The summed E-state index contributed by atoms with van der Waals surface area (Å²) in [7, 11) is 1.75. The second-order valence-corrected chi connectivity index (χ2v) is 6.15. The fraction of sp³-hybridized carbons (Fsp3) is 0.533. The SMILES string of the molecule is COCCN(CC1CCCN1)c1nccc2sccc12. The molecule has 0 aromatic carbocycles. The molecule has 2 aromatic rings. The van der Waals surface area contributed by atoms with Crippen LogP contribution in [0.25, 0.3) is 10.1 Å². The number of thiophene rings is 1. The Morgan fingerprint density at radius 1 is 1.50 bits per heavy atom. The predicted molar refractivity (Wildman–Crippen MR) is 84.7 cm³/mol. The molecule has 1 N–H and O–H groups in total. The van der Waals surface area contributed by atoms with Crippen LogP contribution < -0.4 is 10.2 Å². The van der Waals surface area contributed by atoms with Gasteiger partial charge in [-0.15, -0.1) is 11.3 Å². The molecule has 0 saturated carbocycles. The Bertz CT molecular complexity index is 551. The minimum absolute atomic E-state index is 0.572. The molecule has 0 amide bonds. The van der Waals surface area contributed by atoms with Crippen molar-refractivity contribution in [2.75, 3.05) is 38.3 Å². The van der Waals surface area contributed by atoms with Gasteiger partial charge in [0.1, 0.15) is 5.82 Å². The first-order valence-corrected chi connectivity index (χ1v) is 8.06. The van der Waals surface area contributed by atoms with Gasteiger partial charge in [-0.1, -0.05) is 0 Å². The smallest absolute Gasteiger partial charge is 0.137 e. The Balaban J connectivity index is 1.84. The van der Waals surface area contributed by atoms with E-state index in [0.717, 1.165) is 32.1 Å². The van der Waals surface area contributed by atoms with E-state index in [1.54, 1.807) is 18.4 Å². The lowest BCUT2D eigenvalue weighted by atomic mass is 10.2. The van der Waals surface area contributed by atoms with E-state index in [1.807, 2.05) is 6.20 Å². The number of ether oxygens (including phenoxy) is 1. The van der Waals surface area contributed by atoms with E-state index in [9.17, 15) is 0 Å². The highest BCUT2D eigenvalue weighted by molar-refractivity contribution is 7.17. The molecule has 1 unspecified atom stereocenters. The topological polar surface area (TPSA) is 37.4 Å². The lowest BCUT2D eigenvalue weighted by Gasteiger charge is -2.27. The Hall–Kier alpha value is -1.17. The molecule has 1 aliphatic rings. The molecule has 1 atom stereocenters. The maximum absolute atomic E-state index is 5.26. The first kappa shape index (κ1) is 13.8. The second-order valence-electron chi connectivity index (χ2n) is 5.20. The summed E-state index contributed by atoms with van der Waals surface area (Å²) in [4.78, 5) is 6.99. The van der Waals surface area contributed by atoms with E-state index in [2.05, 4.69) is 32.7 Å². The number of methoxy groups -OCH3 is 1. The Morgan fingerprint density at radius 3 is 3.25 bits per heavy atom. The van der Waals surface area contributed by atoms with Gasteiger partial charge in [0.2, 0.25) is 0 Å². The molecule has 0 bridgehead atoms. The number of nitrogens with zero attached hydrogens (tertiary/aromatic N) is 2. The van der Waals surface area contributed by atoms with Gasteiger partial charge in [-0.25, -0.2) is 4.98 Å². The minimum atomic E-state index is 0.572. The summed E-state index contributed by atoms with van der Waals surface area (Å²) in [5.41, 5.74) is 0. The van der Waals surface area contributed by atoms with Crippen molar-refractivity contribution in [2.24, 2.45) is 0 Å². The summed E-state index contributed by atoms with van der Waals surface area (Å²) in [6.45, 7) is 3.76. The quantitative estimate of drug-likeness (QED) is 0.887. The molecule has 0 spiro atoms. The lowest BCUT2D eigenvalue weighted by Crippen LogP contribution is -2.39. The number of aromatic nitrogens is 1. The maximum atomic E-state index is 5.26. The fourth-order valence-corrected chi connectivity index (χ4v) is 3.57. The summed E-state index contributed by atoms with van der Waals surface area (Å²) in [6, 6.07) is 4.83. The zero-order valence-electron chi connectivity index (χ0n) is 11.8. The number of pyridine rings is 1. The van der Waals surface area contributed by atoms with Crippen molar-refractivity contribution in [2.45, 2.75) is 18.9 Å². The van der Waals surface area contributed by atoms with Crippen LogP contribution in [0.1, 0.15) is 12.8 Å². The fourth-order valence-electron chi connectivity index (χ4n) is 2.80. The number of hydrogen-bond acceptors (Lipinski definition) is 5. The first-order valence-electron chi connectivity index (χ1n) is 7.18. The number of anilines is 1. The molecule has 108 valence electrons. The van der Waals surface area contributed by atoms with Gasteiger partial charge in [0.05, 0.1) is 6.61 Å². The molecule has 2 aromatic heterocycles. The van der Waals surface area contributed by atoms with Crippen LogP contribution in [0.3, 0.4) is 0 Å². The summed E-state index contributed by atoms with van der Waals surface area (Å²) in [5.74, 6) is 1.09. The van der Waals surface area contributed by atoms with Crippen LogP contribution >= 0.6 is 11.3 Å². The van der Waals surface area contributed by atoms with E-state index in [-0.39, 0.29) is 0 Å². The molecule has 1 saturated heterocycles. The Morgan fingerprint density at radius 2 is 2.45 bits per heavy atom. The first-order chi connectivity index (χ1) is 9.88.